The van der Waals surface area contributed by atoms with Crippen molar-refractivity contribution in [3.8, 4) is 0 Å². The number of nitrogens with one attached hydrogen (secondary N) is 2. The zero-order valence-electron chi connectivity index (χ0n) is 9.86. The van der Waals surface area contributed by atoms with Gasteiger partial charge in [0.15, 0.2) is 0 Å². The predicted octanol–water partition coefficient (Wildman–Crippen LogP) is -0.998. The Balaban J connectivity index is 1.93. The lowest BCUT2D eigenvalue weighted by Gasteiger charge is -2.30. The molecule has 1 atom stereocenters. The molecule has 0 aromatic rings. The molecule has 1 unspecified atom stereocenters. The Hall–Kier alpha value is -1.43. The lowest BCUT2D eigenvalue weighted by molar-refractivity contribution is -0.152. The van der Waals surface area contributed by atoms with Crippen molar-refractivity contribution in [1.82, 2.24) is 15.5 Å². The van der Waals surface area contributed by atoms with Gasteiger partial charge in [-0.1, -0.05) is 6.92 Å². The third-order valence-electron chi connectivity index (χ3n) is 3.02. The van der Waals surface area contributed by atoms with E-state index in [1.54, 1.807) is 0 Å². The van der Waals surface area contributed by atoms with E-state index in [1.165, 1.54) is 0 Å². The molecule has 0 aromatic carbocycles. The van der Waals surface area contributed by atoms with E-state index in [1.807, 2.05) is 6.92 Å². The molecule has 1 aliphatic heterocycles. The Bertz CT molecular complexity index is 352. The first-order chi connectivity index (χ1) is 8.11. The van der Waals surface area contributed by atoms with Crippen LogP contribution in [0.4, 0.5) is 0 Å². The van der Waals surface area contributed by atoms with Gasteiger partial charge in [-0.25, -0.2) is 0 Å². The normalized spacial score (nSPS) is 25.0. The maximum absolute atomic E-state index is 11.9. The molecule has 2 aliphatic rings. The van der Waals surface area contributed by atoms with Gasteiger partial charge in [-0.2, -0.15) is 0 Å². The van der Waals surface area contributed by atoms with Crippen molar-refractivity contribution in [3.05, 3.63) is 0 Å². The van der Waals surface area contributed by atoms with E-state index in [0.717, 1.165) is 17.7 Å². The Morgan fingerprint density at radius 2 is 2.18 bits per heavy atom. The van der Waals surface area contributed by atoms with E-state index < -0.39 is 0 Å². The Morgan fingerprint density at radius 1 is 1.47 bits per heavy atom. The lowest BCUT2D eigenvalue weighted by atomic mass is 10.1. The summed E-state index contributed by atoms with van der Waals surface area (Å²) in [5.74, 6) is -0.869. The molecule has 6 heteroatoms. The van der Waals surface area contributed by atoms with E-state index >= 15 is 0 Å². The smallest absolute Gasteiger partial charge is 0.246 e. The van der Waals surface area contributed by atoms with Gasteiger partial charge in [0.1, 0.15) is 6.54 Å². The van der Waals surface area contributed by atoms with Gasteiger partial charge in [0, 0.05) is 6.04 Å². The minimum absolute atomic E-state index is 0.126. The number of imide groups is 1. The highest BCUT2D eigenvalue weighted by molar-refractivity contribution is 6.03. The van der Waals surface area contributed by atoms with Crippen molar-refractivity contribution in [2.45, 2.75) is 38.3 Å². The van der Waals surface area contributed by atoms with Gasteiger partial charge >= 0.3 is 0 Å². The molecule has 6 nitrogen and oxygen atoms in total. The topological polar surface area (TPSA) is 78.5 Å². The van der Waals surface area contributed by atoms with Crippen LogP contribution in [0.25, 0.3) is 0 Å². The zero-order valence-corrected chi connectivity index (χ0v) is 9.86. The quantitative estimate of drug-likeness (QED) is 0.617. The van der Waals surface area contributed by atoms with E-state index in [9.17, 15) is 14.4 Å². The molecule has 0 spiro atoms. The van der Waals surface area contributed by atoms with E-state index in [0.29, 0.717) is 6.42 Å². The Labute approximate surface area is 99.7 Å². The summed E-state index contributed by atoms with van der Waals surface area (Å²) in [6.07, 6.45) is 2.60. The van der Waals surface area contributed by atoms with Crippen molar-refractivity contribution in [3.63, 3.8) is 0 Å². The number of hydrogen-bond acceptors (Lipinski definition) is 4. The number of hydrogen-bond donors (Lipinski definition) is 2. The molecule has 0 radical (unpaired) electrons. The van der Waals surface area contributed by atoms with Gasteiger partial charge in [-0.05, 0) is 19.3 Å². The summed E-state index contributed by atoms with van der Waals surface area (Å²) >= 11 is 0. The average molecular weight is 239 g/mol. The van der Waals surface area contributed by atoms with Crippen LogP contribution < -0.4 is 10.6 Å². The second-order valence-electron chi connectivity index (χ2n) is 4.50. The molecular formula is C11H17N3O3. The number of carbonyl (C=O) groups is 3. The molecule has 1 aliphatic carbocycles. The lowest BCUT2D eigenvalue weighted by Crippen LogP contribution is -2.59. The minimum atomic E-state index is -0.346. The van der Waals surface area contributed by atoms with Gasteiger partial charge in [-0.15, -0.1) is 0 Å². The van der Waals surface area contributed by atoms with Crippen molar-refractivity contribution < 1.29 is 14.4 Å². The summed E-state index contributed by atoms with van der Waals surface area (Å²) in [6, 6.07) is -0.0981. The molecule has 1 saturated carbocycles. The van der Waals surface area contributed by atoms with Crippen LogP contribution in [0.3, 0.4) is 0 Å². The third kappa shape index (κ3) is 2.82. The highest BCUT2D eigenvalue weighted by Crippen LogP contribution is 2.18. The van der Waals surface area contributed by atoms with Crippen LogP contribution in [0, 0.1) is 0 Å². The standard InChI is InChI=1S/C11H17N3O3/c1-2-8-11(17)14(10(16)5-12-8)6-9(15)13-7-3-4-7/h7-8,12H,2-6H2,1H3,(H,13,15). The molecule has 0 bridgehead atoms. The van der Waals surface area contributed by atoms with Crippen LogP contribution in [-0.4, -0.2) is 47.8 Å². The number of rotatable bonds is 4. The summed E-state index contributed by atoms with van der Waals surface area (Å²) in [7, 11) is 0. The molecule has 3 amide bonds. The van der Waals surface area contributed by atoms with Gasteiger partial charge in [0.2, 0.25) is 17.7 Å². The highest BCUT2D eigenvalue weighted by Gasteiger charge is 2.34. The largest absolute Gasteiger partial charge is 0.352 e. The SMILES string of the molecule is CCC1NCC(=O)N(CC(=O)NC2CC2)C1=O. The summed E-state index contributed by atoms with van der Waals surface area (Å²) in [5.41, 5.74) is 0. The average Bonchev–Trinajstić information content (AvgIpc) is 3.08. The number of carbonyl (C=O) groups excluding carboxylic acids is 3. The van der Waals surface area contributed by atoms with Crippen LogP contribution >= 0.6 is 0 Å². The first-order valence-electron chi connectivity index (χ1n) is 5.98. The molecule has 1 heterocycles. The molecule has 2 N–H and O–H groups in total. The summed E-state index contributed by atoms with van der Waals surface area (Å²) in [5, 5.41) is 5.62. The Morgan fingerprint density at radius 3 is 2.76 bits per heavy atom. The minimum Gasteiger partial charge on any atom is -0.352 e. The van der Waals surface area contributed by atoms with Crippen molar-refractivity contribution >= 4 is 17.7 Å². The van der Waals surface area contributed by atoms with Crippen LogP contribution in [0.5, 0.6) is 0 Å². The van der Waals surface area contributed by atoms with Gasteiger partial charge in [0.05, 0.1) is 12.6 Å². The van der Waals surface area contributed by atoms with Gasteiger partial charge < -0.3 is 5.32 Å². The van der Waals surface area contributed by atoms with Crippen LogP contribution in [-0.2, 0) is 14.4 Å². The highest BCUT2D eigenvalue weighted by atomic mass is 16.2. The molecule has 17 heavy (non-hydrogen) atoms. The maximum atomic E-state index is 11.9. The van der Waals surface area contributed by atoms with Crippen LogP contribution in [0.1, 0.15) is 26.2 Å². The molecule has 2 fully saturated rings. The molecular weight excluding hydrogens is 222 g/mol. The monoisotopic (exact) mass is 239 g/mol. The summed E-state index contributed by atoms with van der Waals surface area (Å²) < 4.78 is 0. The summed E-state index contributed by atoms with van der Waals surface area (Å²) in [4.78, 5) is 36.1. The fourth-order valence-electron chi connectivity index (χ4n) is 1.83. The summed E-state index contributed by atoms with van der Waals surface area (Å²) in [6.45, 7) is 1.85. The predicted molar refractivity (Wildman–Crippen MR) is 60.0 cm³/mol. The maximum Gasteiger partial charge on any atom is 0.246 e. The van der Waals surface area contributed by atoms with Crippen LogP contribution in [0.15, 0.2) is 0 Å². The number of amides is 3. The third-order valence-corrected chi connectivity index (χ3v) is 3.02. The second-order valence-corrected chi connectivity index (χ2v) is 4.50. The van der Waals surface area contributed by atoms with E-state index in [2.05, 4.69) is 10.6 Å². The molecule has 1 saturated heterocycles. The number of piperazine rings is 1. The fraction of sp³-hybridized carbons (Fsp3) is 0.727. The second kappa shape index (κ2) is 4.83. The number of nitrogens with zero attached hydrogens (tertiary/aromatic N) is 1. The van der Waals surface area contributed by atoms with Gasteiger partial charge in [0.25, 0.3) is 0 Å². The van der Waals surface area contributed by atoms with E-state index in [-0.39, 0.29) is 42.9 Å². The molecule has 0 aromatic heterocycles. The first kappa shape index (κ1) is 12.0. The zero-order chi connectivity index (χ0) is 12.4. The fourth-order valence-corrected chi connectivity index (χ4v) is 1.83. The van der Waals surface area contributed by atoms with E-state index in [4.69, 9.17) is 0 Å². The molecule has 2 rings (SSSR count). The van der Waals surface area contributed by atoms with Crippen molar-refractivity contribution in [2.75, 3.05) is 13.1 Å². The molecule has 94 valence electrons. The van der Waals surface area contributed by atoms with Gasteiger partial charge in [-0.3, -0.25) is 24.6 Å². The Kier molecular flexibility index (Phi) is 3.42. The van der Waals surface area contributed by atoms with Crippen LogP contribution in [0.2, 0.25) is 0 Å². The first-order valence-corrected chi connectivity index (χ1v) is 5.98. The van der Waals surface area contributed by atoms with Crippen molar-refractivity contribution in [2.24, 2.45) is 0 Å². The van der Waals surface area contributed by atoms with Crippen molar-refractivity contribution in [1.29, 1.82) is 0 Å².